The van der Waals surface area contributed by atoms with Gasteiger partial charge < -0.3 is 28.8 Å². The molecule has 0 radical (unpaired) electrons. The van der Waals surface area contributed by atoms with E-state index < -0.39 is 11.6 Å². The van der Waals surface area contributed by atoms with Crippen LogP contribution in [0.15, 0.2) is 23.0 Å². The maximum Gasteiger partial charge on any atom is 0.343 e. The molecule has 0 saturated carbocycles. The Hall–Kier alpha value is -3.43. The Morgan fingerprint density at radius 3 is 2.62 bits per heavy atom. The van der Waals surface area contributed by atoms with Crippen LogP contribution in [0.1, 0.15) is 35.6 Å². The van der Waals surface area contributed by atoms with Gasteiger partial charge in [-0.05, 0) is 44.6 Å². The average molecular weight is 463 g/mol. The molecule has 34 heavy (non-hydrogen) atoms. The molecule has 0 spiro atoms. The van der Waals surface area contributed by atoms with Gasteiger partial charge in [-0.1, -0.05) is 6.92 Å². The van der Waals surface area contributed by atoms with Crippen LogP contribution in [0.3, 0.4) is 0 Å². The second kappa shape index (κ2) is 7.28. The maximum absolute atomic E-state index is 13.5. The molecule has 5 heterocycles. The van der Waals surface area contributed by atoms with Crippen molar-refractivity contribution in [1.29, 1.82) is 0 Å². The second-order valence-corrected chi connectivity index (χ2v) is 9.30. The fourth-order valence-corrected chi connectivity index (χ4v) is 5.17. The van der Waals surface area contributed by atoms with Crippen molar-refractivity contribution in [1.82, 2.24) is 14.5 Å². The molecule has 3 aliphatic heterocycles. The lowest BCUT2D eigenvalue weighted by atomic mass is 9.86. The van der Waals surface area contributed by atoms with Gasteiger partial charge in [-0.3, -0.25) is 4.79 Å². The molecule has 1 aromatic carbocycles. The molecule has 1 N–H and O–H groups in total. The van der Waals surface area contributed by atoms with Crippen molar-refractivity contribution in [2.45, 2.75) is 38.5 Å². The van der Waals surface area contributed by atoms with Crippen LogP contribution in [-0.2, 0) is 34.7 Å². The van der Waals surface area contributed by atoms with Crippen LogP contribution in [0, 0.1) is 0 Å². The number of hydrogen-bond donors (Lipinski definition) is 1. The average Bonchev–Trinajstić information content (AvgIpc) is 3.42. The Morgan fingerprint density at radius 1 is 1.12 bits per heavy atom. The Bertz CT molecular complexity index is 1440. The van der Waals surface area contributed by atoms with E-state index in [1.807, 2.05) is 26.2 Å². The number of nitrogens with zero attached hydrogens (tertiary/aromatic N) is 3. The molecule has 6 rings (SSSR count). The standard InChI is InChI=1S/C25H25N3O6/c1-4-25(31)17-8-19-22-15(10-28(19)23(29)16(17)11-32-24(25)30)13(5-6-27(2)3)14-7-20-21(34-12-33-20)9-18(14)26-22/h7-9,31H,4-6,10-12H2,1-3H3/t25-/m0/s1. The molecule has 9 nitrogen and oxygen atoms in total. The number of cyclic esters (lactones) is 1. The number of ether oxygens (including phenoxy) is 3. The highest BCUT2D eigenvalue weighted by Crippen LogP contribution is 2.43. The number of fused-ring (bicyclic) bond motifs is 6. The molecule has 0 bridgehead atoms. The molecular weight excluding hydrogens is 438 g/mol. The van der Waals surface area contributed by atoms with Crippen molar-refractivity contribution in [2.75, 3.05) is 27.4 Å². The minimum atomic E-state index is -1.85. The highest BCUT2D eigenvalue weighted by atomic mass is 16.7. The first-order valence-electron chi connectivity index (χ1n) is 11.4. The predicted octanol–water partition coefficient (Wildman–Crippen LogP) is 1.91. The SMILES string of the molecule is CC[C@@]1(O)C(=O)OCc2c1cc1n(c2=O)Cc2c-1nc1cc3c(cc1c2CCN(C)C)OCO3. The van der Waals surface area contributed by atoms with Gasteiger partial charge in [0.15, 0.2) is 17.1 Å². The number of pyridine rings is 2. The van der Waals surface area contributed by atoms with E-state index in [1.165, 1.54) is 0 Å². The zero-order valence-electron chi connectivity index (χ0n) is 19.3. The van der Waals surface area contributed by atoms with E-state index >= 15 is 0 Å². The van der Waals surface area contributed by atoms with Gasteiger partial charge in [0.05, 0.1) is 29.0 Å². The molecule has 0 amide bonds. The summed E-state index contributed by atoms with van der Waals surface area (Å²) in [4.78, 5) is 33.0. The van der Waals surface area contributed by atoms with Crippen LogP contribution in [0.4, 0.5) is 0 Å². The summed E-state index contributed by atoms with van der Waals surface area (Å²) in [7, 11) is 4.04. The highest BCUT2D eigenvalue weighted by Gasteiger charge is 2.45. The first-order chi connectivity index (χ1) is 16.3. The second-order valence-electron chi connectivity index (χ2n) is 9.30. The van der Waals surface area contributed by atoms with Crippen molar-refractivity contribution < 1.29 is 24.1 Å². The molecule has 2 aromatic heterocycles. The van der Waals surface area contributed by atoms with E-state index in [2.05, 4.69) is 4.90 Å². The van der Waals surface area contributed by atoms with Crippen LogP contribution in [-0.4, -0.2) is 53.0 Å². The number of hydrogen-bond acceptors (Lipinski definition) is 8. The summed E-state index contributed by atoms with van der Waals surface area (Å²) in [6.45, 7) is 2.92. The van der Waals surface area contributed by atoms with Gasteiger partial charge in [-0.2, -0.15) is 0 Å². The van der Waals surface area contributed by atoms with E-state index in [-0.39, 0.29) is 25.4 Å². The molecule has 3 aromatic rings. The summed E-state index contributed by atoms with van der Waals surface area (Å²) in [5.41, 5.74) is 2.65. The highest BCUT2D eigenvalue weighted by molar-refractivity contribution is 5.91. The summed E-state index contributed by atoms with van der Waals surface area (Å²) in [5.74, 6) is 0.602. The number of aromatic nitrogens is 2. The molecule has 3 aliphatic rings. The third-order valence-electron chi connectivity index (χ3n) is 7.11. The Labute approximate surface area is 195 Å². The quantitative estimate of drug-likeness (QED) is 0.458. The van der Waals surface area contributed by atoms with E-state index in [0.29, 0.717) is 40.6 Å². The van der Waals surface area contributed by atoms with Gasteiger partial charge in [0.25, 0.3) is 5.56 Å². The smallest absolute Gasteiger partial charge is 0.343 e. The molecule has 0 unspecified atom stereocenters. The van der Waals surface area contributed by atoms with E-state index in [1.54, 1.807) is 17.6 Å². The Morgan fingerprint density at radius 2 is 1.88 bits per heavy atom. The summed E-state index contributed by atoms with van der Waals surface area (Å²) in [6, 6.07) is 5.58. The zero-order chi connectivity index (χ0) is 23.8. The van der Waals surface area contributed by atoms with Crippen LogP contribution < -0.4 is 15.0 Å². The van der Waals surface area contributed by atoms with Gasteiger partial charge in [0.2, 0.25) is 6.79 Å². The van der Waals surface area contributed by atoms with E-state index in [9.17, 15) is 14.7 Å². The van der Waals surface area contributed by atoms with Crippen molar-refractivity contribution in [3.63, 3.8) is 0 Å². The predicted molar refractivity (Wildman–Crippen MR) is 123 cm³/mol. The monoisotopic (exact) mass is 463 g/mol. The molecule has 0 aliphatic carbocycles. The normalized spacial score (nSPS) is 19.9. The lowest BCUT2D eigenvalue weighted by molar-refractivity contribution is -0.172. The number of benzene rings is 1. The van der Waals surface area contributed by atoms with Crippen molar-refractivity contribution in [2.24, 2.45) is 0 Å². The largest absolute Gasteiger partial charge is 0.458 e. The number of rotatable bonds is 4. The maximum atomic E-state index is 13.5. The lowest BCUT2D eigenvalue weighted by Gasteiger charge is -2.31. The van der Waals surface area contributed by atoms with Crippen LogP contribution in [0.5, 0.6) is 11.5 Å². The van der Waals surface area contributed by atoms with Crippen LogP contribution >= 0.6 is 0 Å². The van der Waals surface area contributed by atoms with E-state index in [4.69, 9.17) is 19.2 Å². The first-order valence-corrected chi connectivity index (χ1v) is 11.4. The van der Waals surface area contributed by atoms with Gasteiger partial charge >= 0.3 is 5.97 Å². The van der Waals surface area contributed by atoms with Crippen LogP contribution in [0.25, 0.3) is 22.3 Å². The summed E-state index contributed by atoms with van der Waals surface area (Å²) in [6.07, 6.45) is 0.869. The van der Waals surface area contributed by atoms with Gasteiger partial charge in [0.1, 0.15) is 6.61 Å². The summed E-state index contributed by atoms with van der Waals surface area (Å²) in [5, 5.41) is 12.1. The third kappa shape index (κ3) is 2.83. The number of aliphatic hydroxyl groups is 1. The third-order valence-corrected chi connectivity index (χ3v) is 7.11. The number of likely N-dealkylation sites (N-methyl/N-ethyl adjacent to an activating group) is 1. The zero-order valence-corrected chi connectivity index (χ0v) is 19.3. The Balaban J connectivity index is 1.62. The first kappa shape index (κ1) is 21.1. The van der Waals surface area contributed by atoms with Gasteiger partial charge in [-0.15, -0.1) is 0 Å². The molecule has 9 heteroatoms. The topological polar surface area (TPSA) is 103 Å². The molecular formula is C25H25N3O6. The van der Waals surface area contributed by atoms with Crippen LogP contribution in [0.2, 0.25) is 0 Å². The number of esters is 1. The number of carbonyl (C=O) groups is 1. The number of carbonyl (C=O) groups excluding carboxylic acids is 1. The minimum absolute atomic E-state index is 0.108. The molecule has 176 valence electrons. The fraction of sp³-hybridized carbons (Fsp3) is 0.400. The molecule has 1 atom stereocenters. The van der Waals surface area contributed by atoms with E-state index in [0.717, 1.165) is 35.0 Å². The molecule has 0 saturated heterocycles. The van der Waals surface area contributed by atoms with Crippen molar-refractivity contribution in [3.05, 3.63) is 50.8 Å². The van der Waals surface area contributed by atoms with Gasteiger partial charge in [0, 0.05) is 29.1 Å². The lowest BCUT2D eigenvalue weighted by Crippen LogP contribution is -2.44. The minimum Gasteiger partial charge on any atom is -0.458 e. The van der Waals surface area contributed by atoms with Crippen molar-refractivity contribution in [3.8, 4) is 22.9 Å². The fourth-order valence-electron chi connectivity index (χ4n) is 5.17. The summed E-state index contributed by atoms with van der Waals surface area (Å²) < 4.78 is 18.0. The Kier molecular flexibility index (Phi) is 4.53. The summed E-state index contributed by atoms with van der Waals surface area (Å²) >= 11 is 0. The van der Waals surface area contributed by atoms with Crippen molar-refractivity contribution >= 4 is 16.9 Å². The molecule has 0 fully saturated rings. The van der Waals surface area contributed by atoms with Gasteiger partial charge in [-0.25, -0.2) is 9.78 Å².